The van der Waals surface area contributed by atoms with Gasteiger partial charge in [-0.15, -0.1) is 10.2 Å². The van der Waals surface area contributed by atoms with Crippen LogP contribution in [0.1, 0.15) is 5.89 Å². The molecule has 0 bridgehead atoms. The minimum absolute atomic E-state index is 0.0883. The van der Waals surface area contributed by atoms with Crippen LogP contribution in [-0.2, 0) is 12.3 Å². The molecule has 0 aliphatic rings. The zero-order valence-corrected chi connectivity index (χ0v) is 16.6. The number of alkyl halides is 3. The third-order valence-corrected chi connectivity index (χ3v) is 5.09. The summed E-state index contributed by atoms with van der Waals surface area (Å²) in [6, 6.07) is 10.0. The van der Waals surface area contributed by atoms with Gasteiger partial charge in [0.15, 0.2) is 11.0 Å². The molecule has 154 valence electrons. The normalized spacial score (nSPS) is 11.7. The van der Waals surface area contributed by atoms with Crippen LogP contribution in [-0.4, -0.2) is 36.1 Å². The molecule has 0 fully saturated rings. The predicted octanol–water partition coefficient (Wildman–Crippen LogP) is 4.90. The first kappa shape index (κ1) is 20.4. The van der Waals surface area contributed by atoms with Crippen LogP contribution in [0.15, 0.2) is 58.5 Å². The molecule has 3 heterocycles. The van der Waals surface area contributed by atoms with E-state index in [0.29, 0.717) is 22.0 Å². The molecule has 0 radical (unpaired) electrons. The molecule has 1 aromatic carbocycles. The fourth-order valence-electron chi connectivity index (χ4n) is 2.59. The summed E-state index contributed by atoms with van der Waals surface area (Å²) in [5, 5.41) is 12.4. The highest BCUT2D eigenvalue weighted by Crippen LogP contribution is 2.30. The maximum Gasteiger partial charge on any atom is 0.406 e. The maximum absolute atomic E-state index is 13.1. The molecular formula is C18H12ClF3N6OS. The molecule has 0 aliphatic heterocycles. The first-order chi connectivity index (χ1) is 14.4. The number of aromatic nitrogens is 6. The molecule has 0 spiro atoms. The lowest BCUT2D eigenvalue weighted by Gasteiger charge is -2.12. The lowest BCUT2D eigenvalue weighted by atomic mass is 10.2. The molecule has 30 heavy (non-hydrogen) atoms. The largest absolute Gasteiger partial charge is 0.406 e. The Morgan fingerprint density at radius 2 is 1.73 bits per heavy atom. The highest BCUT2D eigenvalue weighted by Gasteiger charge is 2.31. The first-order valence-electron chi connectivity index (χ1n) is 8.51. The summed E-state index contributed by atoms with van der Waals surface area (Å²) in [5.74, 6) is 0.838. The van der Waals surface area contributed by atoms with Gasteiger partial charge >= 0.3 is 6.18 Å². The van der Waals surface area contributed by atoms with Crippen molar-refractivity contribution in [3.05, 3.63) is 59.7 Å². The zero-order chi connectivity index (χ0) is 21.1. The fraction of sp³-hybridized carbons (Fsp3) is 0.167. The van der Waals surface area contributed by atoms with Gasteiger partial charge in [0.05, 0.1) is 5.75 Å². The third-order valence-electron chi connectivity index (χ3n) is 3.89. The summed E-state index contributed by atoms with van der Waals surface area (Å²) in [7, 11) is 0. The SMILES string of the molecule is FC(F)(F)Cn1c(SCc2nc(-c3ccc(Cl)cc3)no2)nnc1-c1ccncc1. The van der Waals surface area contributed by atoms with E-state index >= 15 is 0 Å². The van der Waals surface area contributed by atoms with Crippen molar-refractivity contribution in [1.82, 2.24) is 29.9 Å². The highest BCUT2D eigenvalue weighted by molar-refractivity contribution is 7.98. The molecule has 0 unspecified atom stereocenters. The van der Waals surface area contributed by atoms with Gasteiger partial charge in [-0.05, 0) is 36.4 Å². The van der Waals surface area contributed by atoms with Gasteiger partial charge in [0.1, 0.15) is 6.54 Å². The summed E-state index contributed by atoms with van der Waals surface area (Å²) >= 11 is 6.89. The number of hydrogen-bond donors (Lipinski definition) is 0. The summed E-state index contributed by atoms with van der Waals surface area (Å²) in [6.45, 7) is -1.22. The van der Waals surface area contributed by atoms with Crippen molar-refractivity contribution in [2.45, 2.75) is 23.6 Å². The van der Waals surface area contributed by atoms with Gasteiger partial charge < -0.3 is 4.52 Å². The zero-order valence-electron chi connectivity index (χ0n) is 15.0. The Kier molecular flexibility index (Phi) is 5.73. The quantitative estimate of drug-likeness (QED) is 0.385. The van der Waals surface area contributed by atoms with Gasteiger partial charge in [0, 0.05) is 28.5 Å². The predicted molar refractivity (Wildman–Crippen MR) is 104 cm³/mol. The van der Waals surface area contributed by atoms with E-state index in [4.69, 9.17) is 16.1 Å². The van der Waals surface area contributed by atoms with E-state index in [-0.39, 0.29) is 22.6 Å². The van der Waals surface area contributed by atoms with Crippen LogP contribution in [0.4, 0.5) is 13.2 Å². The lowest BCUT2D eigenvalue weighted by Crippen LogP contribution is -2.19. The second kappa shape index (κ2) is 8.44. The number of hydrogen-bond acceptors (Lipinski definition) is 7. The molecule has 0 saturated heterocycles. The first-order valence-corrected chi connectivity index (χ1v) is 9.87. The van der Waals surface area contributed by atoms with Crippen molar-refractivity contribution in [2.75, 3.05) is 0 Å². The monoisotopic (exact) mass is 452 g/mol. The molecule has 12 heteroatoms. The van der Waals surface area contributed by atoms with E-state index in [1.807, 2.05) is 0 Å². The smallest absolute Gasteiger partial charge is 0.338 e. The second-order valence-corrected chi connectivity index (χ2v) is 7.43. The van der Waals surface area contributed by atoms with Crippen molar-refractivity contribution in [3.63, 3.8) is 0 Å². The van der Waals surface area contributed by atoms with E-state index in [9.17, 15) is 13.2 Å². The lowest BCUT2D eigenvalue weighted by molar-refractivity contribution is -0.141. The van der Waals surface area contributed by atoms with Crippen LogP contribution in [0, 0.1) is 0 Å². The Morgan fingerprint density at radius 1 is 1.00 bits per heavy atom. The van der Waals surface area contributed by atoms with Crippen molar-refractivity contribution in [3.8, 4) is 22.8 Å². The van der Waals surface area contributed by atoms with Gasteiger partial charge in [0.2, 0.25) is 11.7 Å². The Morgan fingerprint density at radius 3 is 2.43 bits per heavy atom. The Hall–Kier alpha value is -2.92. The number of benzene rings is 1. The van der Waals surface area contributed by atoms with E-state index in [1.54, 1.807) is 36.4 Å². The van der Waals surface area contributed by atoms with Crippen molar-refractivity contribution in [2.24, 2.45) is 0 Å². The summed E-state index contributed by atoms with van der Waals surface area (Å²) in [5.41, 5.74) is 1.19. The van der Waals surface area contributed by atoms with Gasteiger partial charge in [-0.25, -0.2) is 0 Å². The van der Waals surface area contributed by atoms with E-state index in [0.717, 1.165) is 16.3 Å². The Labute approximate surface area is 177 Å². The van der Waals surface area contributed by atoms with Gasteiger partial charge in [-0.1, -0.05) is 28.5 Å². The summed E-state index contributed by atoms with van der Waals surface area (Å²) < 4.78 is 45.6. The minimum Gasteiger partial charge on any atom is -0.338 e. The van der Waals surface area contributed by atoms with Crippen molar-refractivity contribution in [1.29, 1.82) is 0 Å². The van der Waals surface area contributed by atoms with E-state index < -0.39 is 12.7 Å². The molecule has 0 saturated carbocycles. The topological polar surface area (TPSA) is 82.5 Å². The standard InChI is InChI=1S/C18H12ClF3N6OS/c19-13-3-1-11(2-4-13)15-24-14(29-27-15)9-30-17-26-25-16(12-5-7-23-8-6-12)28(17)10-18(20,21)22/h1-8H,9-10H2. The Bertz CT molecular complexity index is 1130. The third kappa shape index (κ3) is 4.79. The highest BCUT2D eigenvalue weighted by atomic mass is 35.5. The van der Waals surface area contributed by atoms with Gasteiger partial charge in [-0.3, -0.25) is 9.55 Å². The van der Waals surface area contributed by atoms with Crippen LogP contribution in [0.3, 0.4) is 0 Å². The maximum atomic E-state index is 13.1. The second-order valence-electron chi connectivity index (χ2n) is 6.05. The molecule has 0 aliphatic carbocycles. The van der Waals surface area contributed by atoms with Crippen molar-refractivity contribution < 1.29 is 17.7 Å². The number of pyridine rings is 1. The van der Waals surface area contributed by atoms with Gasteiger partial charge in [0.25, 0.3) is 0 Å². The summed E-state index contributed by atoms with van der Waals surface area (Å²) in [6.07, 6.45) is -1.48. The molecule has 0 N–H and O–H groups in total. The van der Waals surface area contributed by atoms with Crippen LogP contribution in [0.2, 0.25) is 5.02 Å². The van der Waals surface area contributed by atoms with E-state index in [2.05, 4.69) is 25.3 Å². The average Bonchev–Trinajstić information content (AvgIpc) is 3.34. The molecule has 4 aromatic rings. The van der Waals surface area contributed by atoms with Gasteiger partial charge in [-0.2, -0.15) is 18.2 Å². The number of halogens is 4. The van der Waals surface area contributed by atoms with Crippen molar-refractivity contribution >= 4 is 23.4 Å². The summed E-state index contributed by atoms with van der Waals surface area (Å²) in [4.78, 5) is 8.14. The average molecular weight is 453 g/mol. The van der Waals surface area contributed by atoms with E-state index in [1.165, 1.54) is 12.4 Å². The van der Waals surface area contributed by atoms with Crippen LogP contribution in [0.25, 0.3) is 22.8 Å². The molecule has 4 rings (SSSR count). The van der Waals surface area contributed by atoms with Crippen LogP contribution in [0.5, 0.6) is 0 Å². The number of nitrogens with zero attached hydrogens (tertiary/aromatic N) is 6. The fourth-order valence-corrected chi connectivity index (χ4v) is 3.49. The Balaban J connectivity index is 1.55. The number of rotatable bonds is 6. The van der Waals surface area contributed by atoms with Crippen LogP contribution < -0.4 is 0 Å². The number of thioether (sulfide) groups is 1. The van der Waals surface area contributed by atoms with Crippen LogP contribution >= 0.6 is 23.4 Å². The molecule has 7 nitrogen and oxygen atoms in total. The molecule has 0 amide bonds. The molecular weight excluding hydrogens is 441 g/mol. The molecule has 3 aromatic heterocycles. The minimum atomic E-state index is -4.44. The molecule has 0 atom stereocenters.